The summed E-state index contributed by atoms with van der Waals surface area (Å²) >= 11 is 0. The molecule has 1 saturated heterocycles. The summed E-state index contributed by atoms with van der Waals surface area (Å²) in [6, 6.07) is 8.47. The average Bonchev–Trinajstić information content (AvgIpc) is 2.84. The molecule has 0 spiro atoms. The molecule has 128 valence electrons. The largest absolute Gasteiger partial charge is 0.373 e. The van der Waals surface area contributed by atoms with E-state index in [-0.39, 0.29) is 17.8 Å². The van der Waals surface area contributed by atoms with E-state index in [1.54, 1.807) is 13.0 Å². The summed E-state index contributed by atoms with van der Waals surface area (Å²) in [5.74, 6) is -1.37. The van der Waals surface area contributed by atoms with Crippen LogP contribution in [0.3, 0.4) is 0 Å². The standard InChI is InChI=1S/C17H14FN3O4/c1-10-2-5-13(21(24)25)8-14(10)19-15-9-16(22)20(17(15)23)12-6-3-11(18)4-7-12/h2-8,15,19H,9H2,1H3/t15-/m0/s1. The molecule has 8 heteroatoms. The maximum atomic E-state index is 13.0. The van der Waals surface area contributed by atoms with Crippen LogP contribution < -0.4 is 10.2 Å². The van der Waals surface area contributed by atoms with Gasteiger partial charge in [-0.3, -0.25) is 19.7 Å². The number of anilines is 2. The van der Waals surface area contributed by atoms with Crippen LogP contribution in [-0.2, 0) is 9.59 Å². The summed E-state index contributed by atoms with van der Waals surface area (Å²) in [5, 5.41) is 13.8. The fourth-order valence-electron chi connectivity index (χ4n) is 2.67. The van der Waals surface area contributed by atoms with Crippen molar-refractivity contribution >= 4 is 28.9 Å². The van der Waals surface area contributed by atoms with Gasteiger partial charge >= 0.3 is 0 Å². The van der Waals surface area contributed by atoms with Crippen LogP contribution in [0.4, 0.5) is 21.5 Å². The number of nitrogens with zero attached hydrogens (tertiary/aromatic N) is 2. The van der Waals surface area contributed by atoms with Crippen molar-refractivity contribution in [3.05, 3.63) is 64.0 Å². The molecule has 0 saturated carbocycles. The molecule has 1 aliphatic heterocycles. The van der Waals surface area contributed by atoms with Gasteiger partial charge in [-0.1, -0.05) is 6.07 Å². The summed E-state index contributed by atoms with van der Waals surface area (Å²) in [4.78, 5) is 36.1. The predicted molar refractivity (Wildman–Crippen MR) is 88.8 cm³/mol. The SMILES string of the molecule is Cc1ccc([N+](=O)[O-])cc1N[C@H]1CC(=O)N(c2ccc(F)cc2)C1=O. The lowest BCUT2D eigenvalue weighted by molar-refractivity contribution is -0.384. The molecule has 0 unspecified atom stereocenters. The molecule has 2 aromatic carbocycles. The molecular weight excluding hydrogens is 329 g/mol. The van der Waals surface area contributed by atoms with Crippen LogP contribution >= 0.6 is 0 Å². The highest BCUT2D eigenvalue weighted by atomic mass is 19.1. The van der Waals surface area contributed by atoms with Gasteiger partial charge in [-0.05, 0) is 36.8 Å². The van der Waals surface area contributed by atoms with E-state index in [1.165, 1.54) is 36.4 Å². The van der Waals surface area contributed by atoms with Gasteiger partial charge in [-0.15, -0.1) is 0 Å². The van der Waals surface area contributed by atoms with E-state index in [1.807, 2.05) is 0 Å². The number of rotatable bonds is 4. The van der Waals surface area contributed by atoms with Gasteiger partial charge in [0.25, 0.3) is 11.6 Å². The molecule has 0 bridgehead atoms. The second-order valence-corrected chi connectivity index (χ2v) is 5.70. The molecule has 0 radical (unpaired) electrons. The van der Waals surface area contributed by atoms with E-state index >= 15 is 0 Å². The first-order valence-corrected chi connectivity index (χ1v) is 7.51. The Morgan fingerprint density at radius 3 is 2.52 bits per heavy atom. The lowest BCUT2D eigenvalue weighted by atomic mass is 10.1. The fraction of sp³-hybridized carbons (Fsp3) is 0.176. The number of imide groups is 1. The van der Waals surface area contributed by atoms with Crippen LogP contribution in [0.15, 0.2) is 42.5 Å². The lowest BCUT2D eigenvalue weighted by Gasteiger charge is -2.17. The van der Waals surface area contributed by atoms with Crippen molar-refractivity contribution in [2.45, 2.75) is 19.4 Å². The first kappa shape index (κ1) is 16.6. The van der Waals surface area contributed by atoms with E-state index in [4.69, 9.17) is 0 Å². The number of non-ortho nitro benzene ring substituents is 1. The number of nitro groups is 1. The smallest absolute Gasteiger partial charge is 0.271 e. The zero-order chi connectivity index (χ0) is 18.1. The number of benzene rings is 2. The van der Waals surface area contributed by atoms with Gasteiger partial charge in [0.1, 0.15) is 11.9 Å². The number of carbonyl (C=O) groups excluding carboxylic acids is 2. The van der Waals surface area contributed by atoms with Crippen LogP contribution in [0, 0.1) is 22.9 Å². The monoisotopic (exact) mass is 343 g/mol. The summed E-state index contributed by atoms with van der Waals surface area (Å²) in [7, 11) is 0. The van der Waals surface area contributed by atoms with E-state index in [0.29, 0.717) is 11.3 Å². The molecule has 0 aromatic heterocycles. The number of nitro benzene ring substituents is 1. The predicted octanol–water partition coefficient (Wildman–Crippen LogP) is 2.79. The zero-order valence-corrected chi connectivity index (χ0v) is 13.2. The fourth-order valence-corrected chi connectivity index (χ4v) is 2.67. The third-order valence-corrected chi connectivity index (χ3v) is 3.99. The lowest BCUT2D eigenvalue weighted by Crippen LogP contribution is -2.34. The number of aryl methyl sites for hydroxylation is 1. The van der Waals surface area contributed by atoms with Crippen LogP contribution in [0.2, 0.25) is 0 Å². The Morgan fingerprint density at radius 2 is 1.88 bits per heavy atom. The number of carbonyl (C=O) groups is 2. The minimum Gasteiger partial charge on any atom is -0.373 e. The number of amides is 2. The highest BCUT2D eigenvalue weighted by Gasteiger charge is 2.39. The van der Waals surface area contributed by atoms with Gasteiger partial charge in [0.2, 0.25) is 5.91 Å². The Kier molecular flexibility index (Phi) is 4.18. The number of nitrogens with one attached hydrogen (secondary N) is 1. The number of hydrogen-bond donors (Lipinski definition) is 1. The normalized spacial score (nSPS) is 17.0. The van der Waals surface area contributed by atoms with Gasteiger partial charge in [-0.25, -0.2) is 9.29 Å². The first-order chi connectivity index (χ1) is 11.9. The van der Waals surface area contributed by atoms with Gasteiger partial charge < -0.3 is 5.32 Å². The van der Waals surface area contributed by atoms with E-state index in [2.05, 4.69) is 5.32 Å². The Labute approximate surface area is 142 Å². The van der Waals surface area contributed by atoms with Gasteiger partial charge in [0.05, 0.1) is 17.0 Å². The summed E-state index contributed by atoms with van der Waals surface area (Å²) in [6.07, 6.45) is -0.0850. The molecule has 3 rings (SSSR count). The molecule has 2 amide bonds. The van der Waals surface area contributed by atoms with Crippen molar-refractivity contribution in [2.75, 3.05) is 10.2 Å². The Hall–Kier alpha value is -3.29. The van der Waals surface area contributed by atoms with Crippen LogP contribution in [0.25, 0.3) is 0 Å². The van der Waals surface area contributed by atoms with Crippen molar-refractivity contribution in [1.29, 1.82) is 0 Å². The Morgan fingerprint density at radius 1 is 1.20 bits per heavy atom. The third kappa shape index (κ3) is 3.18. The second-order valence-electron chi connectivity index (χ2n) is 5.70. The summed E-state index contributed by atoms with van der Waals surface area (Å²) in [5.41, 5.74) is 1.31. The molecule has 7 nitrogen and oxygen atoms in total. The summed E-state index contributed by atoms with van der Waals surface area (Å²) in [6.45, 7) is 1.74. The molecule has 1 aliphatic rings. The second kappa shape index (κ2) is 6.31. The molecular formula is C17H14FN3O4. The molecule has 1 heterocycles. The van der Waals surface area contributed by atoms with Crippen molar-refractivity contribution in [3.8, 4) is 0 Å². The number of hydrogen-bond acceptors (Lipinski definition) is 5. The maximum absolute atomic E-state index is 13.0. The molecule has 25 heavy (non-hydrogen) atoms. The van der Waals surface area contributed by atoms with E-state index in [0.717, 1.165) is 4.90 Å². The van der Waals surface area contributed by atoms with Gasteiger partial charge in [0, 0.05) is 17.8 Å². The quantitative estimate of drug-likeness (QED) is 0.523. The third-order valence-electron chi connectivity index (χ3n) is 3.99. The maximum Gasteiger partial charge on any atom is 0.271 e. The van der Waals surface area contributed by atoms with Crippen molar-refractivity contribution in [3.63, 3.8) is 0 Å². The minimum atomic E-state index is -0.835. The van der Waals surface area contributed by atoms with Crippen molar-refractivity contribution < 1.29 is 18.9 Å². The Bertz CT molecular complexity index is 867. The first-order valence-electron chi connectivity index (χ1n) is 7.51. The number of halogens is 1. The zero-order valence-electron chi connectivity index (χ0n) is 13.2. The summed E-state index contributed by atoms with van der Waals surface area (Å²) < 4.78 is 13.0. The molecule has 1 N–H and O–H groups in total. The van der Waals surface area contributed by atoms with Crippen molar-refractivity contribution in [2.24, 2.45) is 0 Å². The highest BCUT2D eigenvalue weighted by molar-refractivity contribution is 6.23. The topological polar surface area (TPSA) is 92.6 Å². The van der Waals surface area contributed by atoms with Gasteiger partial charge in [0.15, 0.2) is 0 Å². The van der Waals surface area contributed by atoms with Crippen molar-refractivity contribution in [1.82, 2.24) is 0 Å². The molecule has 0 aliphatic carbocycles. The van der Waals surface area contributed by atoms with E-state index < -0.39 is 28.6 Å². The Balaban J connectivity index is 1.84. The highest BCUT2D eigenvalue weighted by Crippen LogP contribution is 2.28. The minimum absolute atomic E-state index is 0.0850. The average molecular weight is 343 g/mol. The van der Waals surface area contributed by atoms with Crippen LogP contribution in [-0.4, -0.2) is 22.8 Å². The van der Waals surface area contributed by atoms with Crippen LogP contribution in [0.5, 0.6) is 0 Å². The van der Waals surface area contributed by atoms with Crippen LogP contribution in [0.1, 0.15) is 12.0 Å². The molecule has 1 fully saturated rings. The van der Waals surface area contributed by atoms with E-state index in [9.17, 15) is 24.1 Å². The molecule has 1 atom stereocenters. The molecule has 2 aromatic rings. The van der Waals surface area contributed by atoms with Gasteiger partial charge in [-0.2, -0.15) is 0 Å².